The zero-order valence-corrected chi connectivity index (χ0v) is 13.0. The van der Waals surface area contributed by atoms with Crippen LogP contribution in [0.2, 0.25) is 0 Å². The van der Waals surface area contributed by atoms with Gasteiger partial charge in [0.15, 0.2) is 0 Å². The predicted octanol–water partition coefficient (Wildman–Crippen LogP) is 4.76. The Hall–Kier alpha value is -2.29. The largest absolute Gasteiger partial charge is 0.430 e. The Morgan fingerprint density at radius 3 is 2.00 bits per heavy atom. The molecule has 2 rings (SSSR count). The van der Waals surface area contributed by atoms with Crippen molar-refractivity contribution in [3.63, 3.8) is 0 Å². The number of carbonyl (C=O) groups is 1. The molecule has 0 aliphatic carbocycles. The van der Waals surface area contributed by atoms with E-state index in [0.29, 0.717) is 18.6 Å². The molecule has 2 aromatic rings. The van der Waals surface area contributed by atoms with Gasteiger partial charge in [-0.3, -0.25) is 4.79 Å². The molecule has 0 bridgehead atoms. The molecule has 1 N–H and O–H groups in total. The van der Waals surface area contributed by atoms with Crippen LogP contribution in [-0.4, -0.2) is 25.4 Å². The third kappa shape index (κ3) is 3.04. The Morgan fingerprint density at radius 2 is 1.52 bits per heavy atom. The van der Waals surface area contributed by atoms with Gasteiger partial charge in [0.2, 0.25) is 5.91 Å². The molecule has 0 spiro atoms. The lowest BCUT2D eigenvalue weighted by atomic mass is 9.88. The molecule has 1 amide bonds. The van der Waals surface area contributed by atoms with Crippen molar-refractivity contribution in [2.24, 2.45) is 0 Å². The number of ether oxygens (including phenoxy) is 1. The third-order valence-corrected chi connectivity index (χ3v) is 3.71. The quantitative estimate of drug-likeness (QED) is 0.796. The maximum Gasteiger partial charge on any atom is 0.430 e. The van der Waals surface area contributed by atoms with E-state index in [1.54, 1.807) is 6.07 Å². The molecule has 0 aromatic heterocycles. The van der Waals surface area contributed by atoms with Crippen LogP contribution in [0.3, 0.4) is 0 Å². The first kappa shape index (κ1) is 19.0. The summed E-state index contributed by atoms with van der Waals surface area (Å²) in [5, 5.41) is 2.48. The van der Waals surface area contributed by atoms with Crippen LogP contribution in [0.1, 0.15) is 12.5 Å². The lowest BCUT2D eigenvalue weighted by Gasteiger charge is -2.37. The van der Waals surface area contributed by atoms with Gasteiger partial charge in [-0.2, -0.15) is 26.3 Å². The highest BCUT2D eigenvalue weighted by Gasteiger charge is 2.73. The Bertz CT molecular complexity index is 783. The molecule has 0 saturated carbocycles. The highest BCUT2D eigenvalue weighted by Crippen LogP contribution is 2.55. The number of methoxy groups -OCH3 is 1. The number of halogens is 6. The van der Waals surface area contributed by atoms with E-state index in [4.69, 9.17) is 0 Å². The second kappa shape index (κ2) is 6.21. The summed E-state index contributed by atoms with van der Waals surface area (Å²) >= 11 is 0. The van der Waals surface area contributed by atoms with Gasteiger partial charge in [0, 0.05) is 25.0 Å². The fourth-order valence-corrected chi connectivity index (χ4v) is 2.68. The lowest BCUT2D eigenvalue weighted by molar-refractivity contribution is -0.383. The molecule has 2 aromatic carbocycles. The first-order valence-electron chi connectivity index (χ1n) is 6.94. The van der Waals surface area contributed by atoms with Crippen LogP contribution in [-0.2, 0) is 15.1 Å². The van der Waals surface area contributed by atoms with E-state index in [1.165, 1.54) is 18.2 Å². The molecular weight excluding hydrogens is 352 g/mol. The number of anilines is 1. The van der Waals surface area contributed by atoms with E-state index >= 15 is 0 Å². The van der Waals surface area contributed by atoms with Gasteiger partial charge in [0.1, 0.15) is 0 Å². The van der Waals surface area contributed by atoms with E-state index < -0.39 is 35.1 Å². The molecule has 0 aliphatic rings. The van der Waals surface area contributed by atoms with Gasteiger partial charge in [-0.25, -0.2) is 0 Å². The van der Waals surface area contributed by atoms with Crippen molar-refractivity contribution >= 4 is 22.4 Å². The molecule has 3 nitrogen and oxygen atoms in total. The van der Waals surface area contributed by atoms with E-state index in [-0.39, 0.29) is 5.39 Å². The summed E-state index contributed by atoms with van der Waals surface area (Å²) in [6.07, 6.45) is -11.6. The SMILES string of the molecule is COC(c1ccc2ccccc2c1NC(C)=O)(C(F)(F)F)C(F)(F)F. The van der Waals surface area contributed by atoms with Crippen LogP contribution >= 0.6 is 0 Å². The summed E-state index contributed by atoms with van der Waals surface area (Å²) in [6, 6.07) is 7.60. The molecule has 9 heteroatoms. The van der Waals surface area contributed by atoms with Crippen LogP contribution in [0.5, 0.6) is 0 Å². The molecule has 0 fully saturated rings. The van der Waals surface area contributed by atoms with Crippen molar-refractivity contribution in [1.29, 1.82) is 0 Å². The summed E-state index contributed by atoms with van der Waals surface area (Å²) in [4.78, 5) is 11.4. The molecule has 136 valence electrons. The van der Waals surface area contributed by atoms with Crippen molar-refractivity contribution in [2.75, 3.05) is 12.4 Å². The summed E-state index contributed by atoms with van der Waals surface area (Å²) < 4.78 is 85.1. The molecule has 25 heavy (non-hydrogen) atoms. The maximum atomic E-state index is 13.5. The molecule has 0 aliphatic heterocycles. The minimum Gasteiger partial charge on any atom is -0.357 e. The third-order valence-electron chi connectivity index (χ3n) is 3.71. The zero-order valence-electron chi connectivity index (χ0n) is 13.0. The van der Waals surface area contributed by atoms with Gasteiger partial charge in [-0.05, 0) is 5.39 Å². The highest BCUT2D eigenvalue weighted by molar-refractivity contribution is 6.03. The molecule has 0 unspecified atom stereocenters. The smallest absolute Gasteiger partial charge is 0.357 e. The Kier molecular flexibility index (Phi) is 4.73. The molecule has 0 heterocycles. The summed E-state index contributed by atoms with van der Waals surface area (Å²) in [7, 11) is 0.327. The maximum absolute atomic E-state index is 13.5. The van der Waals surface area contributed by atoms with Crippen molar-refractivity contribution in [1.82, 2.24) is 0 Å². The minimum absolute atomic E-state index is 0.0325. The van der Waals surface area contributed by atoms with Gasteiger partial charge in [-0.1, -0.05) is 36.4 Å². The molecule has 0 atom stereocenters. The monoisotopic (exact) mass is 365 g/mol. The average molecular weight is 365 g/mol. The fourth-order valence-electron chi connectivity index (χ4n) is 2.68. The van der Waals surface area contributed by atoms with Gasteiger partial charge in [0.25, 0.3) is 5.60 Å². The Labute approximate surface area is 138 Å². The number of alkyl halides is 6. The summed E-state index contributed by atoms with van der Waals surface area (Å²) in [5.41, 5.74) is -6.41. The van der Waals surface area contributed by atoms with Crippen LogP contribution in [0, 0.1) is 0 Å². The minimum atomic E-state index is -5.81. The number of carbonyl (C=O) groups excluding carboxylic acids is 1. The molecular formula is C16H13F6NO2. The normalized spacial score (nSPS) is 13.1. The number of hydrogen-bond donors (Lipinski definition) is 1. The Morgan fingerprint density at radius 1 is 0.960 bits per heavy atom. The topological polar surface area (TPSA) is 38.3 Å². The first-order valence-corrected chi connectivity index (χ1v) is 6.94. The second-order valence-corrected chi connectivity index (χ2v) is 5.27. The number of hydrogen-bond acceptors (Lipinski definition) is 2. The van der Waals surface area contributed by atoms with Crippen molar-refractivity contribution < 1.29 is 35.9 Å². The van der Waals surface area contributed by atoms with E-state index in [1.807, 2.05) is 0 Å². The molecule has 0 radical (unpaired) electrons. The number of rotatable bonds is 3. The van der Waals surface area contributed by atoms with Crippen LogP contribution in [0.25, 0.3) is 10.8 Å². The average Bonchev–Trinajstić information content (AvgIpc) is 2.47. The van der Waals surface area contributed by atoms with Gasteiger partial charge in [0.05, 0.1) is 5.69 Å². The van der Waals surface area contributed by atoms with E-state index in [0.717, 1.165) is 13.0 Å². The zero-order chi connectivity index (χ0) is 19.0. The van der Waals surface area contributed by atoms with Crippen molar-refractivity contribution in [3.05, 3.63) is 42.0 Å². The van der Waals surface area contributed by atoms with Crippen LogP contribution in [0.4, 0.5) is 32.0 Å². The van der Waals surface area contributed by atoms with Gasteiger partial charge >= 0.3 is 12.4 Å². The van der Waals surface area contributed by atoms with Gasteiger partial charge < -0.3 is 10.1 Å². The second-order valence-electron chi connectivity index (χ2n) is 5.27. The van der Waals surface area contributed by atoms with E-state index in [9.17, 15) is 31.1 Å². The number of nitrogens with one attached hydrogen (secondary N) is 1. The summed E-state index contributed by atoms with van der Waals surface area (Å²) in [6.45, 7) is 0.987. The number of fused-ring (bicyclic) bond motifs is 1. The highest BCUT2D eigenvalue weighted by atomic mass is 19.4. The first-order chi connectivity index (χ1) is 11.5. The van der Waals surface area contributed by atoms with Crippen LogP contribution < -0.4 is 5.32 Å². The van der Waals surface area contributed by atoms with E-state index in [2.05, 4.69) is 10.1 Å². The summed E-state index contributed by atoms with van der Waals surface area (Å²) in [5.74, 6) is -0.813. The number of benzene rings is 2. The standard InChI is InChI=1S/C16H13F6NO2/c1-9(24)23-13-11-6-4-3-5-10(11)7-8-12(13)14(25-2,15(17,18)19)16(20,21)22/h3-8H,1-2H3,(H,23,24). The molecule has 0 saturated heterocycles. The van der Waals surface area contributed by atoms with Crippen molar-refractivity contribution in [2.45, 2.75) is 24.9 Å². The van der Waals surface area contributed by atoms with Gasteiger partial charge in [-0.15, -0.1) is 0 Å². The van der Waals surface area contributed by atoms with Crippen molar-refractivity contribution in [3.8, 4) is 0 Å². The lowest BCUT2D eigenvalue weighted by Crippen LogP contribution is -2.55. The Balaban J connectivity index is 2.96. The number of amides is 1. The predicted molar refractivity (Wildman–Crippen MR) is 79.0 cm³/mol. The fraction of sp³-hybridized carbons (Fsp3) is 0.312. The van der Waals surface area contributed by atoms with Crippen LogP contribution in [0.15, 0.2) is 36.4 Å².